The van der Waals surface area contributed by atoms with Crippen molar-refractivity contribution in [1.82, 2.24) is 5.32 Å². The molecule has 0 saturated heterocycles. The summed E-state index contributed by atoms with van der Waals surface area (Å²) in [6, 6.07) is 13.9. The summed E-state index contributed by atoms with van der Waals surface area (Å²) in [6.07, 6.45) is 3.04. The topological polar surface area (TPSA) is 79.0 Å². The Balaban J connectivity index is 2.19. The molecule has 0 spiro atoms. The molecular formula is C14H13N3O. The average molecular weight is 239 g/mol. The highest BCUT2D eigenvalue weighted by Crippen LogP contribution is 2.16. The lowest BCUT2D eigenvalue weighted by Gasteiger charge is -1.99. The molecule has 0 aromatic heterocycles. The van der Waals surface area contributed by atoms with Gasteiger partial charge in [-0.3, -0.25) is 15.5 Å². The van der Waals surface area contributed by atoms with E-state index in [1.54, 1.807) is 6.08 Å². The van der Waals surface area contributed by atoms with Gasteiger partial charge < -0.3 is 5.73 Å². The van der Waals surface area contributed by atoms with E-state index in [1.807, 2.05) is 42.5 Å². The van der Waals surface area contributed by atoms with E-state index >= 15 is 0 Å². The first kappa shape index (κ1) is 11.9. The second-order valence-electron chi connectivity index (χ2n) is 3.84. The molecule has 0 bridgehead atoms. The molecule has 0 radical (unpaired) electrons. The van der Waals surface area contributed by atoms with E-state index in [-0.39, 0.29) is 5.96 Å². The maximum absolute atomic E-state index is 11.3. The van der Waals surface area contributed by atoms with Crippen molar-refractivity contribution >= 4 is 28.7 Å². The Kier molecular flexibility index (Phi) is 3.38. The lowest BCUT2D eigenvalue weighted by Crippen LogP contribution is -2.34. The van der Waals surface area contributed by atoms with Gasteiger partial charge in [0.05, 0.1) is 0 Å². The Morgan fingerprint density at radius 1 is 1.17 bits per heavy atom. The number of hydrogen-bond donors (Lipinski definition) is 3. The summed E-state index contributed by atoms with van der Waals surface area (Å²) in [6.45, 7) is 0. The molecule has 0 aliphatic carbocycles. The first-order valence-electron chi connectivity index (χ1n) is 5.47. The molecule has 2 aromatic carbocycles. The normalized spacial score (nSPS) is 10.7. The minimum atomic E-state index is -0.407. The van der Waals surface area contributed by atoms with E-state index in [2.05, 4.69) is 5.32 Å². The summed E-state index contributed by atoms with van der Waals surface area (Å²) in [5.41, 5.74) is 5.98. The molecule has 90 valence electrons. The number of nitrogens with two attached hydrogens (primary N) is 1. The van der Waals surface area contributed by atoms with Crippen LogP contribution in [0.25, 0.3) is 16.8 Å². The molecule has 0 atom stereocenters. The van der Waals surface area contributed by atoms with Crippen molar-refractivity contribution < 1.29 is 4.79 Å². The van der Waals surface area contributed by atoms with Crippen LogP contribution in [0.5, 0.6) is 0 Å². The van der Waals surface area contributed by atoms with Gasteiger partial charge >= 0.3 is 0 Å². The smallest absolute Gasteiger partial charge is 0.250 e. The van der Waals surface area contributed by atoms with Crippen molar-refractivity contribution in [1.29, 1.82) is 5.41 Å². The van der Waals surface area contributed by atoms with Gasteiger partial charge in [0, 0.05) is 6.08 Å². The van der Waals surface area contributed by atoms with Gasteiger partial charge in [-0.1, -0.05) is 36.4 Å². The van der Waals surface area contributed by atoms with Gasteiger partial charge in [-0.15, -0.1) is 0 Å². The van der Waals surface area contributed by atoms with Crippen molar-refractivity contribution in [2.24, 2.45) is 5.73 Å². The second-order valence-corrected chi connectivity index (χ2v) is 3.84. The molecular weight excluding hydrogens is 226 g/mol. The van der Waals surface area contributed by atoms with Crippen molar-refractivity contribution in [2.75, 3.05) is 0 Å². The predicted molar refractivity (Wildman–Crippen MR) is 73.0 cm³/mol. The summed E-state index contributed by atoms with van der Waals surface area (Å²) in [7, 11) is 0. The van der Waals surface area contributed by atoms with Crippen LogP contribution >= 0.6 is 0 Å². The Morgan fingerprint density at radius 3 is 2.61 bits per heavy atom. The van der Waals surface area contributed by atoms with E-state index in [4.69, 9.17) is 11.1 Å². The fraction of sp³-hybridized carbons (Fsp3) is 0. The molecule has 18 heavy (non-hydrogen) atoms. The lowest BCUT2D eigenvalue weighted by molar-refractivity contribution is -0.115. The van der Waals surface area contributed by atoms with E-state index in [1.165, 1.54) is 6.08 Å². The molecule has 2 rings (SSSR count). The highest BCUT2D eigenvalue weighted by molar-refractivity contribution is 6.02. The molecule has 1 amide bonds. The van der Waals surface area contributed by atoms with E-state index in [9.17, 15) is 4.79 Å². The van der Waals surface area contributed by atoms with Crippen LogP contribution in [0.3, 0.4) is 0 Å². The summed E-state index contributed by atoms with van der Waals surface area (Å²) in [4.78, 5) is 11.3. The van der Waals surface area contributed by atoms with Gasteiger partial charge in [-0.2, -0.15) is 0 Å². The molecule has 0 aliphatic rings. The van der Waals surface area contributed by atoms with Crippen LogP contribution < -0.4 is 11.1 Å². The summed E-state index contributed by atoms with van der Waals surface area (Å²) in [5.74, 6) is -0.765. The molecule has 0 unspecified atom stereocenters. The highest BCUT2D eigenvalue weighted by atomic mass is 16.1. The summed E-state index contributed by atoms with van der Waals surface area (Å²) >= 11 is 0. The zero-order chi connectivity index (χ0) is 13.0. The van der Waals surface area contributed by atoms with Crippen LogP contribution in [0.4, 0.5) is 0 Å². The van der Waals surface area contributed by atoms with Crippen LogP contribution in [-0.2, 0) is 4.79 Å². The van der Waals surface area contributed by atoms with Crippen molar-refractivity contribution in [3.05, 3.63) is 54.1 Å². The predicted octanol–water partition coefficient (Wildman–Crippen LogP) is 1.86. The molecule has 4 heteroatoms. The van der Waals surface area contributed by atoms with E-state index < -0.39 is 5.91 Å². The number of hydrogen-bond acceptors (Lipinski definition) is 2. The summed E-state index contributed by atoms with van der Waals surface area (Å²) < 4.78 is 0. The van der Waals surface area contributed by atoms with Gasteiger partial charge in [0.15, 0.2) is 5.96 Å². The van der Waals surface area contributed by atoms with Crippen LogP contribution in [0.1, 0.15) is 5.56 Å². The van der Waals surface area contributed by atoms with E-state index in [0.717, 1.165) is 16.3 Å². The van der Waals surface area contributed by atoms with Gasteiger partial charge in [0.1, 0.15) is 0 Å². The van der Waals surface area contributed by atoms with Crippen LogP contribution in [0.15, 0.2) is 48.5 Å². The Labute approximate surface area is 105 Å². The van der Waals surface area contributed by atoms with Gasteiger partial charge in [0.2, 0.25) is 0 Å². The van der Waals surface area contributed by atoms with Gasteiger partial charge in [0.25, 0.3) is 5.91 Å². The lowest BCUT2D eigenvalue weighted by atomic mass is 10.1. The molecule has 2 aromatic rings. The number of rotatable bonds is 2. The molecule has 4 nitrogen and oxygen atoms in total. The third-order valence-electron chi connectivity index (χ3n) is 2.46. The van der Waals surface area contributed by atoms with Gasteiger partial charge in [-0.05, 0) is 28.5 Å². The third-order valence-corrected chi connectivity index (χ3v) is 2.46. The van der Waals surface area contributed by atoms with Gasteiger partial charge in [-0.25, -0.2) is 0 Å². The number of nitrogens with one attached hydrogen (secondary N) is 2. The van der Waals surface area contributed by atoms with Crippen LogP contribution in [0, 0.1) is 5.41 Å². The quantitative estimate of drug-likeness (QED) is 0.425. The number of carbonyl (C=O) groups is 1. The summed E-state index contributed by atoms with van der Waals surface area (Å²) in [5, 5.41) is 11.4. The van der Waals surface area contributed by atoms with Crippen LogP contribution in [0.2, 0.25) is 0 Å². The molecule has 0 aliphatic heterocycles. The number of fused-ring (bicyclic) bond motifs is 1. The van der Waals surface area contributed by atoms with Crippen molar-refractivity contribution in [3.63, 3.8) is 0 Å². The minimum Gasteiger partial charge on any atom is -0.370 e. The fourth-order valence-electron chi connectivity index (χ4n) is 1.66. The Morgan fingerprint density at radius 2 is 1.89 bits per heavy atom. The second kappa shape index (κ2) is 5.14. The number of benzene rings is 2. The number of carbonyl (C=O) groups excluding carboxylic acids is 1. The standard InChI is InChI=1S/C14H13N3O/c15-14(16)17-13(18)8-6-10-5-7-11-3-1-2-4-12(11)9-10/h1-9H,(H4,15,16,17,18)/b8-6+. The first-order valence-corrected chi connectivity index (χ1v) is 5.47. The zero-order valence-electron chi connectivity index (χ0n) is 9.68. The molecule has 0 heterocycles. The SMILES string of the molecule is N=C(N)NC(=O)/C=C/c1ccc2ccccc2c1. The Hall–Kier alpha value is -2.62. The maximum atomic E-state index is 11.3. The largest absolute Gasteiger partial charge is 0.370 e. The Bertz CT molecular complexity index is 632. The average Bonchev–Trinajstić information content (AvgIpc) is 2.35. The van der Waals surface area contributed by atoms with Crippen molar-refractivity contribution in [3.8, 4) is 0 Å². The number of guanidine groups is 1. The number of amides is 1. The van der Waals surface area contributed by atoms with E-state index in [0.29, 0.717) is 0 Å². The first-order chi connectivity index (χ1) is 8.65. The molecule has 0 saturated carbocycles. The third kappa shape index (κ3) is 2.95. The van der Waals surface area contributed by atoms with Crippen LogP contribution in [-0.4, -0.2) is 11.9 Å². The zero-order valence-corrected chi connectivity index (χ0v) is 9.68. The van der Waals surface area contributed by atoms with Crippen molar-refractivity contribution in [2.45, 2.75) is 0 Å². The monoisotopic (exact) mass is 239 g/mol. The molecule has 0 fully saturated rings. The molecule has 4 N–H and O–H groups in total. The highest BCUT2D eigenvalue weighted by Gasteiger charge is 1.96. The minimum absolute atomic E-state index is 0.358. The maximum Gasteiger partial charge on any atom is 0.250 e. The fourth-order valence-corrected chi connectivity index (χ4v) is 1.66.